The summed E-state index contributed by atoms with van der Waals surface area (Å²) in [5.74, 6) is 1.87. The average molecular weight is 347 g/mol. The molecular formula is C20H27ClN2O. The van der Waals surface area contributed by atoms with Crippen LogP contribution in [-0.2, 0) is 6.54 Å². The van der Waals surface area contributed by atoms with E-state index in [1.54, 1.807) is 0 Å². The van der Waals surface area contributed by atoms with Crippen molar-refractivity contribution in [3.63, 3.8) is 0 Å². The highest BCUT2D eigenvalue weighted by Gasteiger charge is 2.16. The molecule has 1 N–H and O–H groups in total. The van der Waals surface area contributed by atoms with Gasteiger partial charge >= 0.3 is 0 Å². The van der Waals surface area contributed by atoms with Gasteiger partial charge in [-0.1, -0.05) is 18.0 Å². The van der Waals surface area contributed by atoms with E-state index in [0.29, 0.717) is 0 Å². The van der Waals surface area contributed by atoms with E-state index in [2.05, 4.69) is 17.1 Å². The number of likely N-dealkylation sites (tertiary alicyclic amines) is 1. The molecule has 1 saturated heterocycles. The fourth-order valence-electron chi connectivity index (χ4n) is 3.35. The molecule has 1 aliphatic heterocycles. The molecule has 3 nitrogen and oxygen atoms in total. The van der Waals surface area contributed by atoms with E-state index in [0.717, 1.165) is 41.2 Å². The zero-order chi connectivity index (χ0) is 16.8. The molecule has 0 saturated carbocycles. The van der Waals surface area contributed by atoms with Crippen LogP contribution in [0.1, 0.15) is 38.4 Å². The highest BCUT2D eigenvalue weighted by atomic mass is 35.5. The van der Waals surface area contributed by atoms with Gasteiger partial charge in [0.2, 0.25) is 0 Å². The summed E-state index contributed by atoms with van der Waals surface area (Å²) in [6, 6.07) is 12.6. The summed E-state index contributed by atoms with van der Waals surface area (Å²) in [5, 5.41) is 4.23. The minimum atomic E-state index is 0.746. The van der Waals surface area contributed by atoms with Crippen molar-refractivity contribution >= 4 is 11.6 Å². The molecule has 2 heterocycles. The number of halogens is 1. The van der Waals surface area contributed by atoms with Gasteiger partial charge in [0.25, 0.3) is 0 Å². The largest absolute Gasteiger partial charge is 0.460 e. The summed E-state index contributed by atoms with van der Waals surface area (Å²) in [7, 11) is 0. The Morgan fingerprint density at radius 2 is 2.00 bits per heavy atom. The number of hydrogen-bond donors (Lipinski definition) is 1. The van der Waals surface area contributed by atoms with Gasteiger partial charge in [-0.3, -0.25) is 0 Å². The van der Waals surface area contributed by atoms with Gasteiger partial charge in [-0.15, -0.1) is 0 Å². The van der Waals surface area contributed by atoms with Crippen LogP contribution in [0.4, 0.5) is 0 Å². The topological polar surface area (TPSA) is 28.4 Å². The van der Waals surface area contributed by atoms with E-state index >= 15 is 0 Å². The Kier molecular flexibility index (Phi) is 6.36. The van der Waals surface area contributed by atoms with E-state index in [9.17, 15) is 0 Å². The minimum Gasteiger partial charge on any atom is -0.460 e. The Bertz CT molecular complexity index is 623. The lowest BCUT2D eigenvalue weighted by atomic mass is 10.0. The van der Waals surface area contributed by atoms with Crippen LogP contribution in [0.15, 0.2) is 40.8 Å². The van der Waals surface area contributed by atoms with Crippen LogP contribution >= 0.6 is 11.6 Å². The number of nitrogens with zero attached hydrogens (tertiary/aromatic N) is 1. The summed E-state index contributed by atoms with van der Waals surface area (Å²) >= 11 is 5.92. The number of hydrogen-bond acceptors (Lipinski definition) is 3. The molecule has 2 aromatic rings. The maximum atomic E-state index is 5.92. The lowest BCUT2D eigenvalue weighted by Gasteiger charge is -2.33. The van der Waals surface area contributed by atoms with Gasteiger partial charge in [-0.05, 0) is 82.2 Å². The Labute approximate surface area is 150 Å². The molecule has 1 aromatic heterocycles. The third-order valence-corrected chi connectivity index (χ3v) is 5.08. The molecule has 0 aliphatic carbocycles. The molecule has 1 unspecified atom stereocenters. The zero-order valence-electron chi connectivity index (χ0n) is 14.4. The van der Waals surface area contributed by atoms with Crippen molar-refractivity contribution in [1.29, 1.82) is 0 Å². The van der Waals surface area contributed by atoms with Crippen LogP contribution in [0, 0.1) is 0 Å². The quantitative estimate of drug-likeness (QED) is 0.719. The van der Waals surface area contributed by atoms with Crippen molar-refractivity contribution in [3.05, 3.63) is 47.2 Å². The van der Waals surface area contributed by atoms with E-state index < -0.39 is 0 Å². The summed E-state index contributed by atoms with van der Waals surface area (Å²) in [5.41, 5.74) is 1.06. The maximum absolute atomic E-state index is 5.92. The maximum Gasteiger partial charge on any atom is 0.134 e. The molecule has 1 atom stereocenters. The minimum absolute atomic E-state index is 0.746. The van der Waals surface area contributed by atoms with Gasteiger partial charge in [0, 0.05) is 16.6 Å². The molecule has 24 heavy (non-hydrogen) atoms. The van der Waals surface area contributed by atoms with E-state index in [1.807, 2.05) is 36.4 Å². The molecule has 1 aromatic carbocycles. The predicted molar refractivity (Wildman–Crippen MR) is 100 cm³/mol. The van der Waals surface area contributed by atoms with Crippen LogP contribution in [0.5, 0.6) is 0 Å². The number of furan rings is 1. The third kappa shape index (κ3) is 4.85. The number of rotatable bonds is 7. The van der Waals surface area contributed by atoms with Crippen molar-refractivity contribution in [3.8, 4) is 11.3 Å². The first-order chi connectivity index (χ1) is 11.7. The second kappa shape index (κ2) is 8.70. The average Bonchev–Trinajstić information content (AvgIpc) is 3.06. The standard InChI is InChI=1S/C20H27ClN2O/c1-16-5-2-3-13-23(16)14-4-12-22-15-19-10-11-20(24-19)17-6-8-18(21)9-7-17/h6-11,16,22H,2-5,12-15H2,1H3. The Balaban J connectivity index is 1.39. The molecule has 130 valence electrons. The first-order valence-corrected chi connectivity index (χ1v) is 9.39. The normalized spacial score (nSPS) is 18.8. The first-order valence-electron chi connectivity index (χ1n) is 9.02. The van der Waals surface area contributed by atoms with Crippen LogP contribution in [0.2, 0.25) is 5.02 Å². The summed E-state index contributed by atoms with van der Waals surface area (Å²) < 4.78 is 5.91. The molecule has 1 aliphatic rings. The summed E-state index contributed by atoms with van der Waals surface area (Å²) in [4.78, 5) is 2.62. The van der Waals surface area contributed by atoms with E-state index in [-0.39, 0.29) is 0 Å². The van der Waals surface area contributed by atoms with Crippen molar-refractivity contribution in [2.45, 2.75) is 45.2 Å². The fourth-order valence-corrected chi connectivity index (χ4v) is 3.48. The summed E-state index contributed by atoms with van der Waals surface area (Å²) in [6.07, 6.45) is 5.30. The fraction of sp³-hybridized carbons (Fsp3) is 0.500. The molecule has 0 spiro atoms. The van der Waals surface area contributed by atoms with Crippen molar-refractivity contribution in [2.24, 2.45) is 0 Å². The number of nitrogens with one attached hydrogen (secondary N) is 1. The predicted octanol–water partition coefficient (Wildman–Crippen LogP) is 4.95. The Morgan fingerprint density at radius 3 is 2.79 bits per heavy atom. The molecule has 1 fully saturated rings. The van der Waals surface area contributed by atoms with Gasteiger partial charge in [-0.25, -0.2) is 0 Å². The van der Waals surface area contributed by atoms with E-state index in [4.69, 9.17) is 16.0 Å². The monoisotopic (exact) mass is 346 g/mol. The zero-order valence-corrected chi connectivity index (χ0v) is 15.2. The highest BCUT2D eigenvalue weighted by molar-refractivity contribution is 6.30. The molecule has 0 amide bonds. The molecule has 3 rings (SSSR count). The third-order valence-electron chi connectivity index (χ3n) is 4.83. The highest BCUT2D eigenvalue weighted by Crippen LogP contribution is 2.23. The van der Waals surface area contributed by atoms with Crippen molar-refractivity contribution < 1.29 is 4.42 Å². The number of piperidine rings is 1. The van der Waals surface area contributed by atoms with Crippen LogP contribution in [0.25, 0.3) is 11.3 Å². The van der Waals surface area contributed by atoms with Crippen LogP contribution in [-0.4, -0.2) is 30.6 Å². The van der Waals surface area contributed by atoms with Crippen LogP contribution in [0.3, 0.4) is 0 Å². The first kappa shape index (κ1) is 17.5. The second-order valence-electron chi connectivity index (χ2n) is 6.68. The van der Waals surface area contributed by atoms with Gasteiger partial charge < -0.3 is 14.6 Å². The lowest BCUT2D eigenvalue weighted by molar-refractivity contribution is 0.159. The number of benzene rings is 1. The van der Waals surface area contributed by atoms with Crippen molar-refractivity contribution in [1.82, 2.24) is 10.2 Å². The lowest BCUT2D eigenvalue weighted by Crippen LogP contribution is -2.38. The van der Waals surface area contributed by atoms with Gasteiger partial charge in [0.15, 0.2) is 0 Å². The molecular weight excluding hydrogens is 320 g/mol. The molecule has 4 heteroatoms. The Hall–Kier alpha value is -1.29. The molecule has 0 radical (unpaired) electrons. The SMILES string of the molecule is CC1CCCCN1CCCNCc1ccc(-c2ccc(Cl)cc2)o1. The van der Waals surface area contributed by atoms with Crippen molar-refractivity contribution in [2.75, 3.05) is 19.6 Å². The van der Waals surface area contributed by atoms with Gasteiger partial charge in [0.1, 0.15) is 11.5 Å². The molecule has 0 bridgehead atoms. The second-order valence-corrected chi connectivity index (χ2v) is 7.12. The summed E-state index contributed by atoms with van der Waals surface area (Å²) in [6.45, 7) is 6.63. The Morgan fingerprint density at radius 1 is 1.17 bits per heavy atom. The van der Waals surface area contributed by atoms with Gasteiger partial charge in [0.05, 0.1) is 6.54 Å². The van der Waals surface area contributed by atoms with E-state index in [1.165, 1.54) is 38.8 Å². The van der Waals surface area contributed by atoms with Gasteiger partial charge in [-0.2, -0.15) is 0 Å². The van der Waals surface area contributed by atoms with Crippen LogP contribution < -0.4 is 5.32 Å². The smallest absolute Gasteiger partial charge is 0.134 e.